The molecule has 0 bridgehead atoms. The number of esters is 1. The highest BCUT2D eigenvalue weighted by atomic mass is 16.5. The van der Waals surface area contributed by atoms with Crippen LogP contribution in [0.15, 0.2) is 65.0 Å². The van der Waals surface area contributed by atoms with E-state index >= 15 is 0 Å². The number of hydrogen-bond donors (Lipinski definition) is 2. The zero-order valence-corrected chi connectivity index (χ0v) is 21.4. The summed E-state index contributed by atoms with van der Waals surface area (Å²) < 4.78 is 16.5. The Morgan fingerprint density at radius 3 is 2.50 bits per heavy atom. The summed E-state index contributed by atoms with van der Waals surface area (Å²) in [6.45, 7) is 5.62. The van der Waals surface area contributed by atoms with Crippen molar-refractivity contribution in [2.75, 3.05) is 14.2 Å². The van der Waals surface area contributed by atoms with E-state index in [2.05, 4.69) is 5.32 Å². The van der Waals surface area contributed by atoms with E-state index in [1.807, 2.05) is 45.0 Å². The van der Waals surface area contributed by atoms with Gasteiger partial charge in [0.2, 0.25) is 0 Å². The van der Waals surface area contributed by atoms with Crippen molar-refractivity contribution in [3.8, 4) is 17.2 Å². The SMILES string of the molecule is CC[C@H](C)OC(=O)C1=C(C)NC2=C(C(=O)C[C@@H](c3ccc(OC)c(OC)c3)C2)[C@H]1c1cccc(O)c1. The van der Waals surface area contributed by atoms with Crippen molar-refractivity contribution < 1.29 is 28.9 Å². The number of dihydropyridines is 1. The number of methoxy groups -OCH3 is 2. The van der Waals surface area contributed by atoms with Crippen molar-refractivity contribution in [3.05, 3.63) is 76.1 Å². The predicted octanol–water partition coefficient (Wildman–Crippen LogP) is 5.11. The fourth-order valence-electron chi connectivity index (χ4n) is 5.02. The van der Waals surface area contributed by atoms with Crippen molar-refractivity contribution in [3.63, 3.8) is 0 Å². The van der Waals surface area contributed by atoms with E-state index in [0.717, 1.165) is 11.3 Å². The van der Waals surface area contributed by atoms with Crippen molar-refractivity contribution in [2.45, 2.75) is 58.0 Å². The van der Waals surface area contributed by atoms with Crippen molar-refractivity contribution in [1.82, 2.24) is 5.32 Å². The molecule has 0 amide bonds. The first-order valence-electron chi connectivity index (χ1n) is 12.2. The van der Waals surface area contributed by atoms with Crippen LogP contribution in [-0.2, 0) is 14.3 Å². The molecule has 2 N–H and O–H groups in total. The zero-order chi connectivity index (χ0) is 26.0. The van der Waals surface area contributed by atoms with Gasteiger partial charge in [-0.2, -0.15) is 0 Å². The zero-order valence-electron chi connectivity index (χ0n) is 21.4. The fourth-order valence-corrected chi connectivity index (χ4v) is 5.02. The first-order chi connectivity index (χ1) is 17.3. The van der Waals surface area contributed by atoms with E-state index in [1.165, 1.54) is 0 Å². The number of phenols is 1. The number of carbonyl (C=O) groups is 2. The fraction of sp³-hybridized carbons (Fsp3) is 0.379. The number of rotatable bonds is 7. The maximum absolute atomic E-state index is 13.7. The van der Waals surface area contributed by atoms with Gasteiger partial charge in [-0.1, -0.05) is 25.1 Å². The van der Waals surface area contributed by atoms with Crippen molar-refractivity contribution in [1.29, 1.82) is 0 Å². The van der Waals surface area contributed by atoms with E-state index in [9.17, 15) is 14.7 Å². The quantitative estimate of drug-likeness (QED) is 0.520. The summed E-state index contributed by atoms with van der Waals surface area (Å²) in [4.78, 5) is 27.0. The minimum atomic E-state index is -0.622. The van der Waals surface area contributed by atoms with Gasteiger partial charge >= 0.3 is 5.97 Å². The minimum absolute atomic E-state index is 0.0433. The topological polar surface area (TPSA) is 94.1 Å². The van der Waals surface area contributed by atoms with Crippen LogP contribution in [0.2, 0.25) is 0 Å². The molecule has 1 aliphatic heterocycles. The molecule has 0 spiro atoms. The summed E-state index contributed by atoms with van der Waals surface area (Å²) in [5.74, 6) is 0.140. The third kappa shape index (κ3) is 4.83. The maximum Gasteiger partial charge on any atom is 0.337 e. The number of allylic oxidation sites excluding steroid dienone is 3. The second-order valence-corrected chi connectivity index (χ2v) is 9.35. The summed E-state index contributed by atoms with van der Waals surface area (Å²) in [6, 6.07) is 12.5. The molecule has 7 nitrogen and oxygen atoms in total. The predicted molar refractivity (Wildman–Crippen MR) is 136 cm³/mol. The summed E-state index contributed by atoms with van der Waals surface area (Å²) in [6.07, 6.45) is 1.31. The molecule has 0 aromatic heterocycles. The first-order valence-corrected chi connectivity index (χ1v) is 12.2. The van der Waals surface area contributed by atoms with Gasteiger partial charge in [-0.25, -0.2) is 4.79 Å². The highest BCUT2D eigenvalue weighted by molar-refractivity contribution is 6.04. The molecule has 3 atom stereocenters. The number of nitrogens with one attached hydrogen (secondary N) is 1. The Morgan fingerprint density at radius 1 is 1.08 bits per heavy atom. The Kier molecular flexibility index (Phi) is 7.38. The summed E-state index contributed by atoms with van der Waals surface area (Å²) >= 11 is 0. The van der Waals surface area contributed by atoms with Crippen LogP contribution in [0.3, 0.4) is 0 Å². The normalized spacial score (nSPS) is 20.4. The van der Waals surface area contributed by atoms with Gasteiger partial charge in [-0.15, -0.1) is 0 Å². The van der Waals surface area contributed by atoms with Crippen LogP contribution in [0.1, 0.15) is 63.0 Å². The molecule has 2 aromatic carbocycles. The van der Waals surface area contributed by atoms with Crippen LogP contribution in [0.5, 0.6) is 17.2 Å². The molecule has 0 saturated heterocycles. The minimum Gasteiger partial charge on any atom is -0.508 e. The highest BCUT2D eigenvalue weighted by Gasteiger charge is 2.41. The lowest BCUT2D eigenvalue weighted by atomic mass is 9.71. The molecular weight excluding hydrogens is 458 g/mol. The van der Waals surface area contributed by atoms with Crippen LogP contribution in [0.25, 0.3) is 0 Å². The maximum atomic E-state index is 13.7. The Morgan fingerprint density at radius 2 is 1.83 bits per heavy atom. The van der Waals surface area contributed by atoms with Gasteiger partial charge in [0.25, 0.3) is 0 Å². The van der Waals surface area contributed by atoms with E-state index in [1.54, 1.807) is 32.4 Å². The number of benzene rings is 2. The van der Waals surface area contributed by atoms with Crippen molar-refractivity contribution in [2.24, 2.45) is 0 Å². The van der Waals surface area contributed by atoms with Crippen LogP contribution >= 0.6 is 0 Å². The molecule has 0 saturated carbocycles. The largest absolute Gasteiger partial charge is 0.508 e. The molecule has 0 fully saturated rings. The Bertz CT molecular complexity index is 1240. The molecule has 1 heterocycles. The third-order valence-electron chi connectivity index (χ3n) is 7.01. The molecule has 36 heavy (non-hydrogen) atoms. The second kappa shape index (κ2) is 10.5. The van der Waals surface area contributed by atoms with Gasteiger partial charge in [0.1, 0.15) is 5.75 Å². The van der Waals surface area contributed by atoms with E-state index < -0.39 is 11.9 Å². The molecule has 0 radical (unpaired) electrons. The number of aromatic hydroxyl groups is 1. The number of Topliss-reactive ketones (excluding diaryl/α,β-unsaturated/α-hetero) is 1. The number of phenolic OH excluding ortho intramolecular Hbond substituents is 1. The standard InChI is InChI=1S/C29H33NO6/c1-6-16(2)36-29(33)26-17(3)30-22-13-20(18-10-11-24(34-4)25(15-18)35-5)14-23(32)28(22)27(26)19-8-7-9-21(31)12-19/h7-12,15-16,20,27,30-31H,6,13-14H2,1-5H3/t16-,20-,27-/m0/s1. The lowest BCUT2D eigenvalue weighted by Gasteiger charge is -2.37. The summed E-state index contributed by atoms with van der Waals surface area (Å²) in [5.41, 5.74) is 4.05. The average molecular weight is 492 g/mol. The molecule has 0 unspecified atom stereocenters. The van der Waals surface area contributed by atoms with Crippen molar-refractivity contribution >= 4 is 11.8 Å². The number of hydrogen-bond acceptors (Lipinski definition) is 7. The Hall–Kier alpha value is -3.74. The first kappa shape index (κ1) is 25.4. The lowest BCUT2D eigenvalue weighted by Crippen LogP contribution is -2.36. The van der Waals surface area contributed by atoms with Crippen LogP contribution < -0.4 is 14.8 Å². The molecule has 190 valence electrons. The number of ether oxygens (including phenoxy) is 3. The summed E-state index contributed by atoms with van der Waals surface area (Å²) in [5, 5.41) is 13.5. The molecule has 1 aliphatic carbocycles. The molecule has 4 rings (SSSR count). The Balaban J connectivity index is 1.76. The molecule has 2 aliphatic rings. The highest BCUT2D eigenvalue weighted by Crippen LogP contribution is 2.47. The smallest absolute Gasteiger partial charge is 0.337 e. The van der Waals surface area contributed by atoms with Gasteiger partial charge in [0.15, 0.2) is 17.3 Å². The van der Waals surface area contributed by atoms with Gasteiger partial charge in [0.05, 0.1) is 25.9 Å². The monoisotopic (exact) mass is 491 g/mol. The molecule has 2 aromatic rings. The van der Waals surface area contributed by atoms with Gasteiger partial charge in [-0.05, 0) is 68.0 Å². The average Bonchev–Trinajstić information content (AvgIpc) is 2.86. The van der Waals surface area contributed by atoms with E-state index in [0.29, 0.717) is 46.7 Å². The van der Waals surface area contributed by atoms with Crippen LogP contribution in [0, 0.1) is 0 Å². The van der Waals surface area contributed by atoms with E-state index in [4.69, 9.17) is 14.2 Å². The van der Waals surface area contributed by atoms with Gasteiger partial charge < -0.3 is 24.6 Å². The van der Waals surface area contributed by atoms with Crippen LogP contribution in [0.4, 0.5) is 0 Å². The van der Waals surface area contributed by atoms with E-state index in [-0.39, 0.29) is 30.0 Å². The lowest BCUT2D eigenvalue weighted by molar-refractivity contribution is -0.144. The van der Waals surface area contributed by atoms with Gasteiger partial charge in [0, 0.05) is 29.3 Å². The third-order valence-corrected chi connectivity index (χ3v) is 7.01. The molecule has 7 heteroatoms. The van der Waals surface area contributed by atoms with Crippen LogP contribution in [-0.4, -0.2) is 37.2 Å². The summed E-state index contributed by atoms with van der Waals surface area (Å²) in [7, 11) is 3.18. The number of ketones is 1. The molecular formula is C29H33NO6. The second-order valence-electron chi connectivity index (χ2n) is 9.35. The number of carbonyl (C=O) groups excluding carboxylic acids is 2. The Labute approximate surface area is 211 Å². The van der Waals surface area contributed by atoms with Gasteiger partial charge in [-0.3, -0.25) is 4.79 Å².